The highest BCUT2D eigenvalue weighted by molar-refractivity contribution is 5.89. The van der Waals surface area contributed by atoms with Crippen LogP contribution in [-0.4, -0.2) is 17.4 Å². The number of halogens is 3. The summed E-state index contributed by atoms with van der Waals surface area (Å²) in [6, 6.07) is 12.3. The minimum Gasteiger partial charge on any atom is -0.478 e. The number of aryl methyl sites for hydroxylation is 2. The van der Waals surface area contributed by atoms with Crippen LogP contribution in [-0.2, 0) is 12.8 Å². The molecule has 3 nitrogen and oxygen atoms in total. The summed E-state index contributed by atoms with van der Waals surface area (Å²) in [6.07, 6.45) is -4.20. The van der Waals surface area contributed by atoms with E-state index >= 15 is 0 Å². The summed E-state index contributed by atoms with van der Waals surface area (Å²) in [7, 11) is 0. The second-order valence-electron chi connectivity index (χ2n) is 4.62. The summed E-state index contributed by atoms with van der Waals surface area (Å²) in [6.45, 7) is 0. The van der Waals surface area contributed by atoms with E-state index in [4.69, 9.17) is 5.11 Å². The molecule has 0 aliphatic heterocycles. The summed E-state index contributed by atoms with van der Waals surface area (Å²) in [5.41, 5.74) is 1.09. The number of hydrogen-bond acceptors (Lipinski definition) is 2. The number of carboxylic acid groups (broad SMARTS) is 1. The number of aromatic carboxylic acids is 1. The number of rotatable bonds is 5. The van der Waals surface area contributed by atoms with Gasteiger partial charge in [0.15, 0.2) is 0 Å². The van der Waals surface area contributed by atoms with E-state index < -0.39 is 12.3 Å². The molecule has 0 aliphatic carbocycles. The molecule has 0 aliphatic rings. The Balaban J connectivity index is 2.18. The largest absolute Gasteiger partial charge is 0.573 e. The molecule has 116 valence electrons. The van der Waals surface area contributed by atoms with E-state index in [0.29, 0.717) is 17.5 Å². The van der Waals surface area contributed by atoms with Gasteiger partial charge in [-0.25, -0.2) is 4.79 Å². The standard InChI is InChI=1S/C16H13F3O3/c17-16(18,19)22-14-8-4-2-6-12(14)10-9-11-5-1-3-7-13(11)15(20)21/h1-8H,9-10H2,(H,20,21). The Hall–Kier alpha value is -2.50. The maximum absolute atomic E-state index is 12.4. The van der Waals surface area contributed by atoms with Crippen molar-refractivity contribution in [1.82, 2.24) is 0 Å². The van der Waals surface area contributed by atoms with Crippen molar-refractivity contribution in [1.29, 1.82) is 0 Å². The second-order valence-corrected chi connectivity index (χ2v) is 4.62. The van der Waals surface area contributed by atoms with Gasteiger partial charge >= 0.3 is 12.3 Å². The van der Waals surface area contributed by atoms with Gasteiger partial charge in [0.05, 0.1) is 5.56 Å². The summed E-state index contributed by atoms with van der Waals surface area (Å²) < 4.78 is 41.0. The summed E-state index contributed by atoms with van der Waals surface area (Å²) in [5.74, 6) is -1.32. The molecule has 0 spiro atoms. The van der Waals surface area contributed by atoms with Crippen molar-refractivity contribution >= 4 is 5.97 Å². The number of ether oxygens (including phenoxy) is 1. The third kappa shape index (κ3) is 4.25. The predicted octanol–water partition coefficient (Wildman–Crippen LogP) is 4.07. The van der Waals surface area contributed by atoms with Gasteiger partial charge in [-0.05, 0) is 36.1 Å². The molecule has 0 atom stereocenters. The molecule has 22 heavy (non-hydrogen) atoms. The Morgan fingerprint density at radius 1 is 0.955 bits per heavy atom. The molecule has 2 rings (SSSR count). The fraction of sp³-hybridized carbons (Fsp3) is 0.188. The van der Waals surface area contributed by atoms with Gasteiger partial charge in [-0.2, -0.15) is 0 Å². The van der Waals surface area contributed by atoms with Crippen molar-refractivity contribution in [3.05, 3.63) is 65.2 Å². The number of alkyl halides is 3. The number of carboxylic acids is 1. The van der Waals surface area contributed by atoms with Crippen LogP contribution in [0.15, 0.2) is 48.5 Å². The fourth-order valence-corrected chi connectivity index (χ4v) is 2.15. The van der Waals surface area contributed by atoms with E-state index in [1.807, 2.05) is 0 Å². The van der Waals surface area contributed by atoms with Gasteiger partial charge in [0.1, 0.15) is 5.75 Å². The zero-order valence-corrected chi connectivity index (χ0v) is 11.4. The summed E-state index contributed by atoms with van der Waals surface area (Å²) in [5, 5.41) is 9.10. The third-order valence-corrected chi connectivity index (χ3v) is 3.11. The van der Waals surface area contributed by atoms with E-state index in [9.17, 15) is 18.0 Å². The molecule has 1 N–H and O–H groups in total. The maximum Gasteiger partial charge on any atom is 0.573 e. The summed E-state index contributed by atoms with van der Waals surface area (Å²) in [4.78, 5) is 11.1. The van der Waals surface area contributed by atoms with E-state index in [1.165, 1.54) is 24.3 Å². The molecule has 0 unspecified atom stereocenters. The molecular formula is C16H13F3O3. The molecule has 0 radical (unpaired) electrons. The number of benzene rings is 2. The molecule has 0 aromatic heterocycles. The maximum atomic E-state index is 12.4. The Labute approximate surface area is 125 Å². The first-order valence-electron chi connectivity index (χ1n) is 6.51. The quantitative estimate of drug-likeness (QED) is 0.905. The third-order valence-electron chi connectivity index (χ3n) is 3.11. The van der Waals surface area contributed by atoms with Crippen LogP contribution in [0.4, 0.5) is 13.2 Å². The van der Waals surface area contributed by atoms with Crippen molar-refractivity contribution in [2.45, 2.75) is 19.2 Å². The Morgan fingerprint density at radius 3 is 2.14 bits per heavy atom. The molecule has 6 heteroatoms. The highest BCUT2D eigenvalue weighted by Crippen LogP contribution is 2.27. The van der Waals surface area contributed by atoms with E-state index in [0.717, 1.165) is 0 Å². The lowest BCUT2D eigenvalue weighted by Crippen LogP contribution is -2.18. The van der Waals surface area contributed by atoms with E-state index in [-0.39, 0.29) is 17.7 Å². The van der Waals surface area contributed by atoms with Crippen LogP contribution >= 0.6 is 0 Å². The van der Waals surface area contributed by atoms with Gasteiger partial charge in [0.2, 0.25) is 0 Å². The smallest absolute Gasteiger partial charge is 0.478 e. The fourth-order valence-electron chi connectivity index (χ4n) is 2.15. The van der Waals surface area contributed by atoms with Crippen molar-refractivity contribution in [2.75, 3.05) is 0 Å². The van der Waals surface area contributed by atoms with Gasteiger partial charge < -0.3 is 9.84 Å². The lowest BCUT2D eigenvalue weighted by Gasteiger charge is -2.13. The van der Waals surface area contributed by atoms with Crippen LogP contribution in [0.25, 0.3) is 0 Å². The lowest BCUT2D eigenvalue weighted by molar-refractivity contribution is -0.274. The SMILES string of the molecule is O=C(O)c1ccccc1CCc1ccccc1OC(F)(F)F. The normalized spacial score (nSPS) is 11.2. The van der Waals surface area contributed by atoms with Crippen LogP contribution in [0.3, 0.4) is 0 Å². The first kappa shape index (κ1) is 15.9. The molecule has 0 fully saturated rings. The molecule has 2 aromatic rings. The Morgan fingerprint density at radius 2 is 1.50 bits per heavy atom. The molecular weight excluding hydrogens is 297 g/mol. The molecule has 0 bridgehead atoms. The van der Waals surface area contributed by atoms with Crippen molar-refractivity contribution in [2.24, 2.45) is 0 Å². The molecule has 2 aromatic carbocycles. The monoisotopic (exact) mass is 310 g/mol. The molecule has 0 saturated carbocycles. The second kappa shape index (κ2) is 6.51. The molecule has 0 amide bonds. The van der Waals surface area contributed by atoms with Gasteiger partial charge in [0, 0.05) is 0 Å². The number of carbonyl (C=O) groups is 1. The van der Waals surface area contributed by atoms with Crippen LogP contribution in [0.2, 0.25) is 0 Å². The Bertz CT molecular complexity index is 666. The Kier molecular flexibility index (Phi) is 4.70. The minimum atomic E-state index is -4.75. The molecule has 0 heterocycles. The topological polar surface area (TPSA) is 46.5 Å². The first-order valence-corrected chi connectivity index (χ1v) is 6.51. The zero-order valence-electron chi connectivity index (χ0n) is 11.4. The van der Waals surface area contributed by atoms with Gasteiger partial charge in [0.25, 0.3) is 0 Å². The van der Waals surface area contributed by atoms with E-state index in [2.05, 4.69) is 4.74 Å². The lowest BCUT2D eigenvalue weighted by atomic mass is 9.99. The number of hydrogen-bond donors (Lipinski definition) is 1. The number of para-hydroxylation sites is 1. The summed E-state index contributed by atoms with van der Waals surface area (Å²) >= 11 is 0. The predicted molar refractivity (Wildman–Crippen MR) is 73.9 cm³/mol. The zero-order chi connectivity index (χ0) is 16.2. The average molecular weight is 310 g/mol. The van der Waals surface area contributed by atoms with Crippen LogP contribution in [0.5, 0.6) is 5.75 Å². The van der Waals surface area contributed by atoms with Crippen LogP contribution < -0.4 is 4.74 Å². The van der Waals surface area contributed by atoms with Crippen molar-refractivity contribution in [3.63, 3.8) is 0 Å². The molecule has 0 saturated heterocycles. The highest BCUT2D eigenvalue weighted by atomic mass is 19.4. The van der Waals surface area contributed by atoms with Gasteiger partial charge in [-0.1, -0.05) is 36.4 Å². The van der Waals surface area contributed by atoms with Crippen molar-refractivity contribution < 1.29 is 27.8 Å². The minimum absolute atomic E-state index is 0.150. The van der Waals surface area contributed by atoms with Gasteiger partial charge in [-0.3, -0.25) is 0 Å². The first-order chi connectivity index (χ1) is 10.4. The van der Waals surface area contributed by atoms with Crippen LogP contribution in [0, 0.1) is 0 Å². The van der Waals surface area contributed by atoms with Crippen molar-refractivity contribution in [3.8, 4) is 5.75 Å². The average Bonchev–Trinajstić information content (AvgIpc) is 2.45. The van der Waals surface area contributed by atoms with E-state index in [1.54, 1.807) is 24.3 Å². The van der Waals surface area contributed by atoms with Gasteiger partial charge in [-0.15, -0.1) is 13.2 Å². The highest BCUT2D eigenvalue weighted by Gasteiger charge is 2.31. The van der Waals surface area contributed by atoms with Crippen LogP contribution in [0.1, 0.15) is 21.5 Å².